The molecule has 63 heavy (non-hydrogen) atoms. The van der Waals surface area contributed by atoms with Gasteiger partial charge in [-0.3, -0.25) is 19.3 Å². The molecule has 348 valence electrons. The summed E-state index contributed by atoms with van der Waals surface area (Å²) >= 11 is 0. The number of fused-ring (bicyclic) bond motifs is 3. The number of piperidine rings is 1. The zero-order chi connectivity index (χ0) is 46.7. The van der Waals surface area contributed by atoms with E-state index in [1.807, 2.05) is 50.8 Å². The molecule has 4 aromatic rings. The van der Waals surface area contributed by atoms with Crippen LogP contribution >= 0.6 is 0 Å². The summed E-state index contributed by atoms with van der Waals surface area (Å²) in [7, 11) is 3.05. The van der Waals surface area contributed by atoms with Crippen molar-refractivity contribution in [3.8, 4) is 16.9 Å². The molecule has 1 aromatic heterocycles. The first kappa shape index (κ1) is 51.9. The highest BCUT2D eigenvalue weighted by Crippen LogP contribution is 2.39. The number of piperazine rings is 1. The molecule has 7 rings (SSSR count). The van der Waals surface area contributed by atoms with Crippen molar-refractivity contribution >= 4 is 52.3 Å². The Kier molecular flexibility index (Phi) is 21.1. The van der Waals surface area contributed by atoms with Crippen molar-refractivity contribution in [2.24, 2.45) is 5.92 Å². The number of anilines is 1. The maximum Gasteiger partial charge on any atom is 0.573 e. The van der Waals surface area contributed by atoms with Gasteiger partial charge < -0.3 is 39.8 Å². The van der Waals surface area contributed by atoms with Gasteiger partial charge in [-0.25, -0.2) is 9.78 Å². The Morgan fingerprint density at radius 2 is 1.59 bits per heavy atom. The zero-order valence-electron chi connectivity index (χ0n) is 38.3. The van der Waals surface area contributed by atoms with Gasteiger partial charge in [0.05, 0.1) is 30.7 Å². The molecule has 3 saturated heterocycles. The van der Waals surface area contributed by atoms with Crippen LogP contribution in [-0.4, -0.2) is 133 Å². The van der Waals surface area contributed by atoms with E-state index in [9.17, 15) is 27.6 Å². The molecule has 3 fully saturated rings. The number of imidazole rings is 1. The average Bonchev–Trinajstić information content (AvgIpc) is 3.92. The van der Waals surface area contributed by atoms with Crippen LogP contribution in [0.15, 0.2) is 48.5 Å². The van der Waals surface area contributed by atoms with Crippen LogP contribution in [0.2, 0.25) is 0 Å². The number of hydrogen-bond acceptors (Lipinski definition) is 9. The summed E-state index contributed by atoms with van der Waals surface area (Å²) in [6.07, 6.45) is -0.247. The number of methoxy groups -OCH3 is 1. The summed E-state index contributed by atoms with van der Waals surface area (Å²) in [6, 6.07) is 13.2. The van der Waals surface area contributed by atoms with Gasteiger partial charge in [0.1, 0.15) is 11.6 Å². The third-order valence-corrected chi connectivity index (χ3v) is 10.6. The van der Waals surface area contributed by atoms with Gasteiger partial charge in [0.2, 0.25) is 12.3 Å². The average molecular weight is 885 g/mol. The number of nitrogens with zero attached hydrogens (tertiary/aromatic N) is 5. The first-order valence-corrected chi connectivity index (χ1v) is 22.0. The third-order valence-electron chi connectivity index (χ3n) is 10.6. The van der Waals surface area contributed by atoms with Crippen molar-refractivity contribution in [1.29, 1.82) is 0 Å². The summed E-state index contributed by atoms with van der Waals surface area (Å²) < 4.78 is 49.4. The van der Waals surface area contributed by atoms with Crippen LogP contribution in [0.5, 0.6) is 5.75 Å². The number of likely N-dealkylation sites (tertiary alicyclic amines) is 2. The van der Waals surface area contributed by atoms with E-state index in [1.54, 1.807) is 35.0 Å². The first-order valence-electron chi connectivity index (χ1n) is 22.0. The van der Waals surface area contributed by atoms with Gasteiger partial charge in [-0.1, -0.05) is 73.1 Å². The topological polar surface area (TPSA) is 152 Å². The predicted molar refractivity (Wildman–Crippen MR) is 242 cm³/mol. The summed E-state index contributed by atoms with van der Waals surface area (Å²) in [5.74, 6) is 0.613. The molecule has 3 aliphatic rings. The lowest BCUT2D eigenvalue weighted by Crippen LogP contribution is -2.54. The lowest BCUT2D eigenvalue weighted by Gasteiger charge is -2.42. The Hall–Kier alpha value is -5.42. The Morgan fingerprint density at radius 1 is 0.937 bits per heavy atom. The summed E-state index contributed by atoms with van der Waals surface area (Å²) in [4.78, 5) is 61.9. The fraction of sp³-hybridized carbons (Fsp3) is 0.543. The number of halogens is 3. The molecule has 17 heteroatoms. The van der Waals surface area contributed by atoms with Crippen molar-refractivity contribution in [3.05, 3.63) is 54.4 Å². The lowest BCUT2D eigenvalue weighted by atomic mass is 9.99. The number of ether oxygens (including phenoxy) is 2. The van der Waals surface area contributed by atoms with Crippen LogP contribution in [0.1, 0.15) is 86.0 Å². The molecule has 4 amide bonds. The number of likely N-dealkylation sites (N-methyl/N-ethyl adjacent to an activating group) is 1. The highest BCUT2D eigenvalue weighted by atomic mass is 19.4. The van der Waals surface area contributed by atoms with E-state index in [4.69, 9.17) is 9.78 Å². The number of alkyl halides is 3. The van der Waals surface area contributed by atoms with Crippen molar-refractivity contribution in [2.75, 3.05) is 71.8 Å². The van der Waals surface area contributed by atoms with Crippen molar-refractivity contribution in [1.82, 2.24) is 34.9 Å². The molecule has 3 aromatic carbocycles. The number of hydrogen-bond donors (Lipinski definition) is 3. The summed E-state index contributed by atoms with van der Waals surface area (Å²) in [6.45, 7) is 19.4. The van der Waals surface area contributed by atoms with Crippen LogP contribution in [0.25, 0.3) is 32.9 Å². The van der Waals surface area contributed by atoms with Crippen LogP contribution < -0.4 is 15.4 Å². The zero-order valence-corrected chi connectivity index (χ0v) is 38.3. The Balaban J connectivity index is 0.000000876. The molecule has 4 heterocycles. The molecule has 0 bridgehead atoms. The van der Waals surface area contributed by atoms with E-state index in [0.29, 0.717) is 68.1 Å². The highest BCUT2D eigenvalue weighted by Gasteiger charge is 2.36. The van der Waals surface area contributed by atoms with E-state index in [0.717, 1.165) is 55.1 Å². The number of carbonyl (C=O) groups excluding carboxylic acids is 4. The molecule has 2 unspecified atom stereocenters. The monoisotopic (exact) mass is 885 g/mol. The van der Waals surface area contributed by atoms with Crippen molar-refractivity contribution in [3.63, 3.8) is 0 Å². The largest absolute Gasteiger partial charge is 0.573 e. The molecule has 14 nitrogen and oxygen atoms in total. The highest BCUT2D eigenvalue weighted by molar-refractivity contribution is 6.05. The maximum atomic E-state index is 13.7. The lowest BCUT2D eigenvalue weighted by molar-refractivity contribution is -0.274. The number of H-pyrrole nitrogens is 1. The predicted octanol–water partition coefficient (Wildman–Crippen LogP) is 8.44. The SMILES string of the molecule is CC.CC.CCC.CNCC(=O)N1CC(C)CC1c1nc2c(ccc3cc(-c4ccc(NC(=O)N5CCN(C6CCN(C=O)CC6)CC5)cc4OC(F)(F)F)ccc32)[nH]1.COC=O. The number of aromatic amines is 1. The molecule has 2 atom stereocenters. The fourth-order valence-electron chi connectivity index (χ4n) is 7.88. The van der Waals surface area contributed by atoms with Gasteiger partial charge in [0.25, 0.3) is 6.47 Å². The van der Waals surface area contributed by atoms with E-state index in [2.05, 4.69) is 50.8 Å². The van der Waals surface area contributed by atoms with E-state index < -0.39 is 18.1 Å². The van der Waals surface area contributed by atoms with Crippen LogP contribution in [-0.2, 0) is 19.1 Å². The van der Waals surface area contributed by atoms with Gasteiger partial charge in [0.15, 0.2) is 0 Å². The number of benzene rings is 3. The quantitative estimate of drug-likeness (QED) is 0.141. The Morgan fingerprint density at radius 3 is 2.17 bits per heavy atom. The van der Waals surface area contributed by atoms with Gasteiger partial charge >= 0.3 is 12.4 Å². The third kappa shape index (κ3) is 14.3. The number of nitrogens with one attached hydrogen (secondary N) is 3. The van der Waals surface area contributed by atoms with E-state index in [-0.39, 0.29) is 29.7 Å². The van der Waals surface area contributed by atoms with Gasteiger partial charge in [-0.15, -0.1) is 13.2 Å². The van der Waals surface area contributed by atoms with Crippen LogP contribution in [0, 0.1) is 5.92 Å². The smallest absolute Gasteiger partial charge is 0.471 e. The number of carbonyl (C=O) groups is 4. The second-order valence-electron chi connectivity index (χ2n) is 15.1. The number of amides is 4. The second-order valence-corrected chi connectivity index (χ2v) is 15.1. The molecular formula is C46H67F3N8O6. The number of urea groups is 1. The number of aromatic nitrogens is 2. The molecule has 0 spiro atoms. The van der Waals surface area contributed by atoms with Crippen molar-refractivity contribution < 1.29 is 41.8 Å². The second kappa shape index (κ2) is 25.6. The van der Waals surface area contributed by atoms with Crippen LogP contribution in [0.3, 0.4) is 0 Å². The molecule has 0 aliphatic carbocycles. The normalized spacial score (nSPS) is 17.7. The molecule has 0 radical (unpaired) electrons. The molecule has 3 N–H and O–H groups in total. The number of rotatable bonds is 9. The minimum absolute atomic E-state index is 0.0111. The minimum atomic E-state index is -4.95. The van der Waals surface area contributed by atoms with Gasteiger partial charge in [-0.05, 0) is 67.4 Å². The molecule has 3 aliphatic heterocycles. The standard InChI is InChI=1S/C37H43F3N8O4.C3H8.C2H4O2.2C2H6/c1-23-17-31(48(21-23)33(50)20-41-2)35-43-30-8-4-25-18-24(3-6-29(25)34(30)44-35)28-7-5-26(19-32(28)52-37(38,39)40)42-36(51)47-15-13-46(14-16-47)27-9-11-45(22-49)12-10-27;1-3-2;1-4-2-3;2*1-2/h3-8,18-19,22-23,27,31,41H,9-17,20-21H2,1-2H3,(H,42,51)(H,43,44);3H2,1-2H3;2H,1H3;2*1-2H3. The summed E-state index contributed by atoms with van der Waals surface area (Å²) in [5, 5.41) is 7.28. The van der Waals surface area contributed by atoms with Crippen molar-refractivity contribution in [2.45, 2.75) is 92.6 Å². The van der Waals surface area contributed by atoms with E-state index in [1.165, 1.54) is 25.7 Å². The Bertz CT molecular complexity index is 2050. The molecular weight excluding hydrogens is 818 g/mol. The van der Waals surface area contributed by atoms with Crippen LogP contribution in [0.4, 0.5) is 23.7 Å². The minimum Gasteiger partial charge on any atom is -0.471 e. The van der Waals surface area contributed by atoms with E-state index >= 15 is 0 Å². The molecule has 0 saturated carbocycles. The fourth-order valence-corrected chi connectivity index (χ4v) is 7.88. The Labute approximate surface area is 369 Å². The van der Waals surface area contributed by atoms with Gasteiger partial charge in [-0.2, -0.15) is 0 Å². The van der Waals surface area contributed by atoms with Gasteiger partial charge in [0, 0.05) is 74.6 Å². The first-order chi connectivity index (χ1) is 30.3. The maximum absolute atomic E-state index is 13.7. The summed E-state index contributed by atoms with van der Waals surface area (Å²) in [5.41, 5.74) is 2.43.